The largest absolute Gasteiger partial charge is 0.307 e. The molecule has 0 aromatic carbocycles. The zero-order chi connectivity index (χ0) is 15.4. The van der Waals surface area contributed by atoms with Crippen molar-refractivity contribution in [1.29, 1.82) is 0 Å². The van der Waals surface area contributed by atoms with Crippen LogP contribution in [0.1, 0.15) is 39.0 Å². The Morgan fingerprint density at radius 3 is 2.60 bits per heavy atom. The molecule has 0 heterocycles. The van der Waals surface area contributed by atoms with Crippen LogP contribution in [0.15, 0.2) is 49.1 Å². The molecule has 2 nitrogen and oxygen atoms in total. The minimum Gasteiger partial charge on any atom is -0.307 e. The minimum atomic E-state index is 0.246. The van der Waals surface area contributed by atoms with Crippen LogP contribution in [0.3, 0.4) is 0 Å². The molecule has 0 spiro atoms. The van der Waals surface area contributed by atoms with E-state index in [1.54, 1.807) is 6.08 Å². The molecule has 0 aliphatic heterocycles. The molecule has 0 saturated heterocycles. The van der Waals surface area contributed by atoms with Gasteiger partial charge in [-0.3, -0.25) is 4.79 Å². The summed E-state index contributed by atoms with van der Waals surface area (Å²) in [5, 5.41) is 0. The standard InChI is InChI=1S/C17H24O.CH2O/c1-4-7-9-16-15(12-13-17(16)18)11-10-14(6-3)8-5-2;1-2/h5-6,8,10-11,15-16H,2-4,7,9,12-13H2,1H3;1H2/b11-10+,14-8+;/t15-,16+;/m0./s1. The molecule has 1 aliphatic carbocycles. The van der Waals surface area contributed by atoms with Gasteiger partial charge in [-0.2, -0.15) is 0 Å². The van der Waals surface area contributed by atoms with Crippen LogP contribution in [0.5, 0.6) is 0 Å². The summed E-state index contributed by atoms with van der Waals surface area (Å²) >= 11 is 0. The highest BCUT2D eigenvalue weighted by molar-refractivity contribution is 5.83. The Bertz CT molecular complexity index is 377. The molecule has 0 unspecified atom stereocenters. The predicted molar refractivity (Wildman–Crippen MR) is 85.5 cm³/mol. The summed E-state index contributed by atoms with van der Waals surface area (Å²) in [4.78, 5) is 19.8. The highest BCUT2D eigenvalue weighted by Crippen LogP contribution is 2.33. The Morgan fingerprint density at radius 2 is 2.05 bits per heavy atom. The SMILES string of the molecule is C=C/C=C(C=C)/C=C/[C@H]1CCC(=O)[C@@H]1CCCC.C=O. The molecule has 110 valence electrons. The van der Waals surface area contributed by atoms with E-state index in [4.69, 9.17) is 4.79 Å². The molecule has 0 amide bonds. The molecule has 0 bridgehead atoms. The average Bonchev–Trinajstić information content (AvgIpc) is 2.83. The van der Waals surface area contributed by atoms with Crippen LogP contribution < -0.4 is 0 Å². The van der Waals surface area contributed by atoms with E-state index in [0.29, 0.717) is 11.7 Å². The van der Waals surface area contributed by atoms with Gasteiger partial charge >= 0.3 is 0 Å². The molecule has 1 aliphatic rings. The van der Waals surface area contributed by atoms with Crippen molar-refractivity contribution in [1.82, 2.24) is 0 Å². The molecule has 20 heavy (non-hydrogen) atoms. The van der Waals surface area contributed by atoms with Crippen molar-refractivity contribution < 1.29 is 9.59 Å². The van der Waals surface area contributed by atoms with Gasteiger partial charge in [0.15, 0.2) is 0 Å². The third-order valence-electron chi connectivity index (χ3n) is 3.61. The smallest absolute Gasteiger partial charge is 0.136 e. The number of hydrogen-bond acceptors (Lipinski definition) is 2. The number of carbonyl (C=O) groups is 2. The maximum atomic E-state index is 11.8. The summed E-state index contributed by atoms with van der Waals surface area (Å²) in [6.45, 7) is 11.6. The summed E-state index contributed by atoms with van der Waals surface area (Å²) in [6, 6.07) is 0. The topological polar surface area (TPSA) is 34.1 Å². The molecule has 1 fully saturated rings. The first kappa shape index (κ1) is 18.3. The van der Waals surface area contributed by atoms with Crippen LogP contribution in [0.4, 0.5) is 0 Å². The molecule has 0 aromatic heterocycles. The van der Waals surface area contributed by atoms with Crippen molar-refractivity contribution in [3.05, 3.63) is 49.1 Å². The summed E-state index contributed by atoms with van der Waals surface area (Å²) < 4.78 is 0. The Hall–Kier alpha value is -1.70. The molecule has 1 rings (SSSR count). The van der Waals surface area contributed by atoms with E-state index in [-0.39, 0.29) is 5.92 Å². The first-order chi connectivity index (χ1) is 9.72. The Morgan fingerprint density at radius 1 is 1.35 bits per heavy atom. The van der Waals surface area contributed by atoms with Gasteiger partial charge in [-0.15, -0.1) is 0 Å². The van der Waals surface area contributed by atoms with Crippen molar-refractivity contribution in [2.75, 3.05) is 0 Å². The van der Waals surface area contributed by atoms with E-state index in [2.05, 4.69) is 32.2 Å². The molecule has 2 atom stereocenters. The van der Waals surface area contributed by atoms with Crippen LogP contribution in [0.25, 0.3) is 0 Å². The molecule has 0 radical (unpaired) electrons. The summed E-state index contributed by atoms with van der Waals surface area (Å²) in [5.74, 6) is 1.11. The number of unbranched alkanes of at least 4 members (excludes halogenated alkanes) is 1. The van der Waals surface area contributed by atoms with Crippen LogP contribution in [-0.2, 0) is 9.59 Å². The number of carbonyl (C=O) groups excluding carboxylic acids is 2. The van der Waals surface area contributed by atoms with E-state index in [9.17, 15) is 4.79 Å². The van der Waals surface area contributed by atoms with Crippen molar-refractivity contribution in [2.24, 2.45) is 11.8 Å². The fourth-order valence-corrected chi connectivity index (χ4v) is 2.53. The van der Waals surface area contributed by atoms with Crippen LogP contribution in [-0.4, -0.2) is 12.6 Å². The fourth-order valence-electron chi connectivity index (χ4n) is 2.53. The number of ketones is 1. The summed E-state index contributed by atoms with van der Waals surface area (Å²) in [7, 11) is 0. The Kier molecular flexibility index (Phi) is 10.2. The van der Waals surface area contributed by atoms with Crippen molar-refractivity contribution >= 4 is 12.6 Å². The van der Waals surface area contributed by atoms with Crippen LogP contribution >= 0.6 is 0 Å². The number of Topliss-reactive ketones (excluding diaryl/α,β-unsaturated/α-hetero) is 1. The molecular weight excluding hydrogens is 248 g/mol. The number of hydrogen-bond donors (Lipinski definition) is 0. The third kappa shape index (κ3) is 5.96. The lowest BCUT2D eigenvalue weighted by molar-refractivity contribution is -0.121. The zero-order valence-corrected chi connectivity index (χ0v) is 12.5. The van der Waals surface area contributed by atoms with Gasteiger partial charge in [0, 0.05) is 12.3 Å². The second-order valence-corrected chi connectivity index (χ2v) is 4.88. The lowest BCUT2D eigenvalue weighted by Crippen LogP contribution is -2.13. The van der Waals surface area contributed by atoms with Gasteiger partial charge < -0.3 is 4.79 Å². The second-order valence-electron chi connectivity index (χ2n) is 4.88. The quantitative estimate of drug-likeness (QED) is 0.643. The lowest BCUT2D eigenvalue weighted by Gasteiger charge is -2.14. The van der Waals surface area contributed by atoms with Gasteiger partial charge in [0.05, 0.1) is 0 Å². The van der Waals surface area contributed by atoms with Gasteiger partial charge in [-0.05, 0) is 24.3 Å². The van der Waals surface area contributed by atoms with E-state index in [1.807, 2.05) is 18.9 Å². The van der Waals surface area contributed by atoms with Gasteiger partial charge in [0.2, 0.25) is 0 Å². The number of allylic oxidation sites excluding steroid dienone is 6. The van der Waals surface area contributed by atoms with Gasteiger partial charge in [-0.25, -0.2) is 0 Å². The van der Waals surface area contributed by atoms with Gasteiger partial charge in [-0.1, -0.05) is 63.3 Å². The lowest BCUT2D eigenvalue weighted by atomic mass is 9.90. The predicted octanol–water partition coefficient (Wildman–Crippen LogP) is 4.44. The highest BCUT2D eigenvalue weighted by Gasteiger charge is 2.31. The highest BCUT2D eigenvalue weighted by atomic mass is 16.1. The normalized spacial score (nSPS) is 22.4. The Labute approximate surface area is 123 Å². The summed E-state index contributed by atoms with van der Waals surface area (Å²) in [6.07, 6.45) is 14.9. The number of rotatable bonds is 7. The van der Waals surface area contributed by atoms with Gasteiger partial charge in [0.25, 0.3) is 0 Å². The van der Waals surface area contributed by atoms with Crippen LogP contribution in [0.2, 0.25) is 0 Å². The first-order valence-electron chi connectivity index (χ1n) is 7.17. The van der Waals surface area contributed by atoms with Crippen LogP contribution in [0, 0.1) is 11.8 Å². The molecule has 2 heteroatoms. The monoisotopic (exact) mass is 274 g/mol. The maximum absolute atomic E-state index is 11.8. The zero-order valence-electron chi connectivity index (χ0n) is 12.5. The average molecular weight is 274 g/mol. The molecule has 1 saturated carbocycles. The first-order valence-corrected chi connectivity index (χ1v) is 7.17. The van der Waals surface area contributed by atoms with Crippen molar-refractivity contribution in [3.63, 3.8) is 0 Å². The Balaban J connectivity index is 0.00000172. The van der Waals surface area contributed by atoms with Crippen molar-refractivity contribution in [2.45, 2.75) is 39.0 Å². The molecule has 0 aromatic rings. The second kappa shape index (κ2) is 11.2. The van der Waals surface area contributed by atoms with E-state index in [1.165, 1.54) is 0 Å². The molecular formula is C18H26O2. The minimum absolute atomic E-state index is 0.246. The fraction of sp³-hybridized carbons (Fsp3) is 0.444. The summed E-state index contributed by atoms with van der Waals surface area (Å²) in [5.41, 5.74) is 1.05. The van der Waals surface area contributed by atoms with E-state index >= 15 is 0 Å². The van der Waals surface area contributed by atoms with E-state index < -0.39 is 0 Å². The third-order valence-corrected chi connectivity index (χ3v) is 3.61. The molecule has 0 N–H and O–H groups in total. The van der Waals surface area contributed by atoms with Gasteiger partial charge in [0.1, 0.15) is 12.6 Å². The maximum Gasteiger partial charge on any atom is 0.136 e. The van der Waals surface area contributed by atoms with Crippen molar-refractivity contribution in [3.8, 4) is 0 Å². The van der Waals surface area contributed by atoms with E-state index in [0.717, 1.165) is 37.7 Å².